The van der Waals surface area contributed by atoms with Gasteiger partial charge in [0.25, 0.3) is 0 Å². The lowest BCUT2D eigenvalue weighted by atomic mass is 10.1. The highest BCUT2D eigenvalue weighted by atomic mass is 15.3. The monoisotopic (exact) mass is 259 g/mol. The maximum Gasteiger partial charge on any atom is 0.193 e. The van der Waals surface area contributed by atoms with Crippen LogP contribution in [0.3, 0.4) is 0 Å². The van der Waals surface area contributed by atoms with Crippen LogP contribution in [0.4, 0.5) is 0 Å². The molecule has 0 amide bonds. The fraction of sp³-hybridized carbons (Fsp3) is 0.562. The van der Waals surface area contributed by atoms with Gasteiger partial charge in [0.2, 0.25) is 0 Å². The Kier molecular flexibility index (Phi) is 4.83. The molecule has 0 spiro atoms. The molecule has 1 aromatic rings. The summed E-state index contributed by atoms with van der Waals surface area (Å²) in [5.41, 5.74) is 2.62. The molecule has 2 rings (SSSR count). The molecule has 1 aliphatic carbocycles. The van der Waals surface area contributed by atoms with Crippen molar-refractivity contribution < 1.29 is 0 Å². The first-order chi connectivity index (χ1) is 9.19. The second kappa shape index (κ2) is 6.60. The molecule has 3 heteroatoms. The molecule has 0 radical (unpaired) electrons. The van der Waals surface area contributed by atoms with Crippen LogP contribution in [0.1, 0.15) is 30.4 Å². The Labute approximate surface area is 116 Å². The van der Waals surface area contributed by atoms with Crippen molar-refractivity contribution in [1.29, 1.82) is 0 Å². The molecule has 0 aliphatic heterocycles. The van der Waals surface area contributed by atoms with E-state index in [1.807, 2.05) is 7.05 Å². The van der Waals surface area contributed by atoms with E-state index in [1.165, 1.54) is 30.4 Å². The van der Waals surface area contributed by atoms with Crippen molar-refractivity contribution in [3.05, 3.63) is 35.4 Å². The highest BCUT2D eigenvalue weighted by molar-refractivity contribution is 5.79. The Hall–Kier alpha value is -1.51. The maximum absolute atomic E-state index is 4.35. The zero-order valence-corrected chi connectivity index (χ0v) is 12.3. The fourth-order valence-electron chi connectivity index (χ4n) is 2.22. The topological polar surface area (TPSA) is 27.6 Å². The largest absolute Gasteiger partial charge is 0.356 e. The molecule has 1 fully saturated rings. The first kappa shape index (κ1) is 13.9. The minimum absolute atomic E-state index is 0.892. The predicted octanol–water partition coefficient (Wildman–Crippen LogP) is 2.80. The maximum atomic E-state index is 4.35. The van der Waals surface area contributed by atoms with E-state index in [-0.39, 0.29) is 0 Å². The Morgan fingerprint density at radius 1 is 1.32 bits per heavy atom. The molecule has 19 heavy (non-hydrogen) atoms. The number of nitrogens with one attached hydrogen (secondary N) is 1. The molecule has 3 nitrogen and oxygen atoms in total. The number of hydrogen-bond acceptors (Lipinski definition) is 1. The summed E-state index contributed by atoms with van der Waals surface area (Å²) in [4.78, 5) is 6.53. The average molecular weight is 259 g/mol. The summed E-state index contributed by atoms with van der Waals surface area (Å²) in [6.45, 7) is 4.05. The van der Waals surface area contributed by atoms with E-state index in [2.05, 4.69) is 53.4 Å². The van der Waals surface area contributed by atoms with Crippen LogP contribution >= 0.6 is 0 Å². The number of guanidine groups is 1. The van der Waals surface area contributed by atoms with Gasteiger partial charge in [0.05, 0.1) is 0 Å². The van der Waals surface area contributed by atoms with E-state index >= 15 is 0 Å². The minimum atomic E-state index is 0.892. The summed E-state index contributed by atoms with van der Waals surface area (Å²) < 4.78 is 0. The van der Waals surface area contributed by atoms with E-state index in [0.717, 1.165) is 25.0 Å². The Morgan fingerprint density at radius 3 is 2.58 bits per heavy atom. The number of benzene rings is 1. The van der Waals surface area contributed by atoms with Crippen molar-refractivity contribution in [1.82, 2.24) is 10.2 Å². The molecular weight excluding hydrogens is 234 g/mol. The van der Waals surface area contributed by atoms with Gasteiger partial charge in [-0.3, -0.25) is 4.99 Å². The van der Waals surface area contributed by atoms with Gasteiger partial charge < -0.3 is 10.2 Å². The van der Waals surface area contributed by atoms with Crippen LogP contribution in [0, 0.1) is 12.8 Å². The average Bonchev–Trinajstić information content (AvgIpc) is 3.21. The van der Waals surface area contributed by atoms with Crippen molar-refractivity contribution in [2.75, 3.05) is 20.6 Å². The highest BCUT2D eigenvalue weighted by Crippen LogP contribution is 2.31. The van der Waals surface area contributed by atoms with E-state index < -0.39 is 0 Å². The second-order valence-electron chi connectivity index (χ2n) is 5.55. The first-order valence-electron chi connectivity index (χ1n) is 7.16. The minimum Gasteiger partial charge on any atom is -0.356 e. The quantitative estimate of drug-likeness (QED) is 0.650. The fourth-order valence-corrected chi connectivity index (χ4v) is 2.22. The highest BCUT2D eigenvalue weighted by Gasteiger charge is 2.20. The first-order valence-corrected chi connectivity index (χ1v) is 7.16. The Balaban J connectivity index is 1.81. The molecule has 104 valence electrons. The molecular formula is C16H25N3. The Bertz CT molecular complexity index is 418. The lowest BCUT2D eigenvalue weighted by Crippen LogP contribution is -2.39. The van der Waals surface area contributed by atoms with Gasteiger partial charge in [0.1, 0.15) is 0 Å². The number of aliphatic imine (C=N–C) groups is 1. The summed E-state index contributed by atoms with van der Waals surface area (Å²) >= 11 is 0. The summed E-state index contributed by atoms with van der Waals surface area (Å²) in [6, 6.07) is 8.69. The van der Waals surface area contributed by atoms with Crippen LogP contribution in [0.2, 0.25) is 0 Å². The zero-order valence-electron chi connectivity index (χ0n) is 12.3. The lowest BCUT2D eigenvalue weighted by Gasteiger charge is -2.22. The van der Waals surface area contributed by atoms with Crippen molar-refractivity contribution >= 4 is 5.96 Å². The second-order valence-corrected chi connectivity index (χ2v) is 5.55. The van der Waals surface area contributed by atoms with Gasteiger partial charge in [-0.05, 0) is 24.8 Å². The van der Waals surface area contributed by atoms with Crippen LogP contribution in [0.5, 0.6) is 0 Å². The zero-order chi connectivity index (χ0) is 13.7. The summed E-state index contributed by atoms with van der Waals surface area (Å²) in [5, 5.41) is 3.45. The van der Waals surface area contributed by atoms with Crippen LogP contribution < -0.4 is 5.32 Å². The van der Waals surface area contributed by atoms with E-state index in [4.69, 9.17) is 0 Å². The third-order valence-electron chi connectivity index (χ3n) is 3.65. The molecule has 1 saturated carbocycles. The third-order valence-corrected chi connectivity index (χ3v) is 3.65. The van der Waals surface area contributed by atoms with Crippen molar-refractivity contribution in [2.24, 2.45) is 10.9 Å². The standard InChI is InChI=1S/C16H25N3/c1-13-4-6-15(7-5-13)12-19(3)16(17-2)18-11-10-14-8-9-14/h4-7,14H,8-12H2,1-3H3,(H,17,18). The molecule has 0 atom stereocenters. The van der Waals surface area contributed by atoms with E-state index in [9.17, 15) is 0 Å². The van der Waals surface area contributed by atoms with E-state index in [1.54, 1.807) is 0 Å². The third kappa shape index (κ3) is 4.58. The van der Waals surface area contributed by atoms with Crippen LogP contribution in [0.25, 0.3) is 0 Å². The number of rotatable bonds is 5. The molecule has 1 N–H and O–H groups in total. The molecule has 0 saturated heterocycles. The summed E-state index contributed by atoms with van der Waals surface area (Å²) in [6.07, 6.45) is 4.11. The van der Waals surface area contributed by atoms with Crippen molar-refractivity contribution in [3.63, 3.8) is 0 Å². The number of aryl methyl sites for hydroxylation is 1. The van der Waals surface area contributed by atoms with Crippen LogP contribution in [0.15, 0.2) is 29.3 Å². The van der Waals surface area contributed by atoms with Gasteiger partial charge in [-0.1, -0.05) is 42.7 Å². The van der Waals surface area contributed by atoms with Crippen LogP contribution in [-0.2, 0) is 6.54 Å². The smallest absolute Gasteiger partial charge is 0.193 e. The molecule has 0 aromatic heterocycles. The van der Waals surface area contributed by atoms with Gasteiger partial charge in [-0.15, -0.1) is 0 Å². The van der Waals surface area contributed by atoms with Gasteiger partial charge in [-0.25, -0.2) is 0 Å². The Morgan fingerprint density at radius 2 is 2.00 bits per heavy atom. The summed E-state index contributed by atoms with van der Waals surface area (Å²) in [7, 11) is 3.94. The lowest BCUT2D eigenvalue weighted by molar-refractivity contribution is 0.474. The van der Waals surface area contributed by atoms with Gasteiger partial charge in [0.15, 0.2) is 5.96 Å². The van der Waals surface area contributed by atoms with Gasteiger partial charge in [0, 0.05) is 27.2 Å². The van der Waals surface area contributed by atoms with E-state index in [0.29, 0.717) is 0 Å². The number of hydrogen-bond donors (Lipinski definition) is 1. The normalized spacial score (nSPS) is 15.4. The SMILES string of the molecule is CN=C(NCCC1CC1)N(C)Cc1ccc(C)cc1. The van der Waals surface area contributed by atoms with Crippen LogP contribution in [-0.4, -0.2) is 31.5 Å². The molecule has 1 aliphatic rings. The number of nitrogens with zero attached hydrogens (tertiary/aromatic N) is 2. The predicted molar refractivity (Wildman–Crippen MR) is 81.3 cm³/mol. The molecule has 0 bridgehead atoms. The molecule has 0 unspecified atom stereocenters. The van der Waals surface area contributed by atoms with Crippen molar-refractivity contribution in [2.45, 2.75) is 32.7 Å². The van der Waals surface area contributed by atoms with Crippen molar-refractivity contribution in [3.8, 4) is 0 Å². The van der Waals surface area contributed by atoms with Gasteiger partial charge in [-0.2, -0.15) is 0 Å². The molecule has 1 aromatic carbocycles. The summed E-state index contributed by atoms with van der Waals surface area (Å²) in [5.74, 6) is 1.95. The molecule has 0 heterocycles. The van der Waals surface area contributed by atoms with Gasteiger partial charge >= 0.3 is 0 Å².